The number of nitrogens with zero attached hydrogens (tertiary/aromatic N) is 3. The molecule has 1 aliphatic rings. The minimum Gasteiger partial charge on any atom is -0.488 e. The van der Waals surface area contributed by atoms with E-state index in [9.17, 15) is 27.9 Å². The summed E-state index contributed by atoms with van der Waals surface area (Å²) in [4.78, 5) is 33.1. The Labute approximate surface area is 220 Å². The van der Waals surface area contributed by atoms with Gasteiger partial charge in [-0.2, -0.15) is 13.2 Å². The van der Waals surface area contributed by atoms with Crippen LogP contribution in [0.5, 0.6) is 5.75 Å². The number of amides is 2. The van der Waals surface area contributed by atoms with Gasteiger partial charge in [-0.05, 0) is 49.9 Å². The molecule has 0 aliphatic carbocycles. The number of nitrogens with one attached hydrogen (secondary N) is 1. The average molecular weight is 537 g/mol. The molecule has 0 saturated carbocycles. The van der Waals surface area contributed by atoms with Gasteiger partial charge in [-0.25, -0.2) is 0 Å². The van der Waals surface area contributed by atoms with Gasteiger partial charge < -0.3 is 20.1 Å². The SMILES string of the molecule is C[C@H]1CN([C@@H](C)CO)C(=O)Cc2cc(NC(=O)CCC(F)(F)F)ccc2O[C@H]1CN(C)Cc1ccncc1. The van der Waals surface area contributed by atoms with Crippen molar-refractivity contribution in [1.29, 1.82) is 0 Å². The number of hydrogen-bond acceptors (Lipinski definition) is 6. The fourth-order valence-corrected chi connectivity index (χ4v) is 4.38. The van der Waals surface area contributed by atoms with Crippen LogP contribution in [0.25, 0.3) is 0 Å². The van der Waals surface area contributed by atoms with E-state index in [1.807, 2.05) is 26.1 Å². The van der Waals surface area contributed by atoms with Crippen molar-refractivity contribution in [2.24, 2.45) is 5.92 Å². The van der Waals surface area contributed by atoms with Crippen LogP contribution in [0.15, 0.2) is 42.7 Å². The Balaban J connectivity index is 1.84. The molecular weight excluding hydrogens is 501 g/mol. The number of aliphatic hydroxyl groups is 1. The first-order chi connectivity index (χ1) is 17.9. The lowest BCUT2D eigenvalue weighted by Crippen LogP contribution is -2.47. The van der Waals surface area contributed by atoms with Crippen LogP contribution in [0.2, 0.25) is 0 Å². The zero-order valence-electron chi connectivity index (χ0n) is 21.9. The molecule has 11 heteroatoms. The fourth-order valence-electron chi connectivity index (χ4n) is 4.38. The number of anilines is 1. The second kappa shape index (κ2) is 13.1. The van der Waals surface area contributed by atoms with Crippen LogP contribution < -0.4 is 10.1 Å². The van der Waals surface area contributed by atoms with E-state index in [4.69, 9.17) is 4.74 Å². The van der Waals surface area contributed by atoms with E-state index in [-0.39, 0.29) is 36.6 Å². The Bertz CT molecular complexity index is 1080. The third-order valence-corrected chi connectivity index (χ3v) is 6.53. The average Bonchev–Trinajstić information content (AvgIpc) is 2.90. The van der Waals surface area contributed by atoms with Crippen LogP contribution in [0.1, 0.15) is 37.8 Å². The molecule has 3 atom stereocenters. The number of ether oxygens (including phenoxy) is 1. The Morgan fingerprint density at radius 2 is 2.00 bits per heavy atom. The number of likely N-dealkylation sites (N-methyl/N-ethyl adjacent to an activating group) is 1. The van der Waals surface area contributed by atoms with Crippen molar-refractivity contribution in [1.82, 2.24) is 14.8 Å². The molecule has 2 N–H and O–H groups in total. The van der Waals surface area contributed by atoms with Gasteiger partial charge in [-0.15, -0.1) is 0 Å². The maximum atomic E-state index is 13.3. The van der Waals surface area contributed by atoms with Gasteiger partial charge in [-0.3, -0.25) is 19.5 Å². The van der Waals surface area contributed by atoms with Crippen LogP contribution in [0, 0.1) is 5.92 Å². The van der Waals surface area contributed by atoms with Crippen LogP contribution in [-0.4, -0.2) is 76.8 Å². The van der Waals surface area contributed by atoms with Gasteiger partial charge >= 0.3 is 6.18 Å². The van der Waals surface area contributed by atoms with Crippen molar-refractivity contribution < 1.29 is 32.6 Å². The number of hydrogen-bond donors (Lipinski definition) is 2. The zero-order chi connectivity index (χ0) is 27.9. The number of pyridine rings is 1. The van der Waals surface area contributed by atoms with Crippen molar-refractivity contribution in [3.05, 3.63) is 53.9 Å². The molecule has 1 aromatic carbocycles. The molecule has 2 aromatic rings. The van der Waals surface area contributed by atoms with Gasteiger partial charge in [0.2, 0.25) is 11.8 Å². The summed E-state index contributed by atoms with van der Waals surface area (Å²) in [5.74, 6) is -0.591. The van der Waals surface area contributed by atoms with Crippen molar-refractivity contribution in [2.45, 2.75) is 58.0 Å². The standard InChI is InChI=1S/C27H35F3N4O4/c1-18-14-34(19(2)17-35)26(37)13-21-12-22(32-25(36)6-9-27(28,29)30)4-5-23(21)38-24(18)16-33(3)15-20-7-10-31-11-8-20/h4-5,7-8,10-12,18-19,24,35H,6,9,13-17H2,1-3H3,(H,32,36)/t18-,19-,24-/m0/s1. The minimum atomic E-state index is -4.43. The minimum absolute atomic E-state index is 0.0434. The van der Waals surface area contributed by atoms with Crippen molar-refractivity contribution in [3.63, 3.8) is 0 Å². The Hall–Kier alpha value is -3.18. The van der Waals surface area contributed by atoms with Crippen LogP contribution in [-0.2, 0) is 22.6 Å². The van der Waals surface area contributed by atoms with Crippen LogP contribution in [0.4, 0.5) is 18.9 Å². The second-order valence-corrected chi connectivity index (χ2v) is 9.93. The lowest BCUT2D eigenvalue weighted by Gasteiger charge is -2.34. The molecular formula is C27H35F3N4O4. The summed E-state index contributed by atoms with van der Waals surface area (Å²) in [6.45, 7) is 5.16. The summed E-state index contributed by atoms with van der Waals surface area (Å²) >= 11 is 0. The summed E-state index contributed by atoms with van der Waals surface area (Å²) in [6.07, 6.45) is -3.22. The Morgan fingerprint density at radius 1 is 1.29 bits per heavy atom. The molecule has 2 amide bonds. The number of alkyl halides is 3. The van der Waals surface area contributed by atoms with E-state index in [0.717, 1.165) is 5.56 Å². The molecule has 8 nitrogen and oxygen atoms in total. The number of aromatic nitrogens is 1. The molecule has 1 aliphatic heterocycles. The predicted octanol–water partition coefficient (Wildman–Crippen LogP) is 3.64. The van der Waals surface area contributed by atoms with E-state index < -0.39 is 31.0 Å². The molecule has 0 unspecified atom stereocenters. The third kappa shape index (κ3) is 8.70. The monoisotopic (exact) mass is 536 g/mol. The maximum absolute atomic E-state index is 13.3. The largest absolute Gasteiger partial charge is 0.488 e. The fraction of sp³-hybridized carbons (Fsp3) is 0.519. The van der Waals surface area contributed by atoms with Gasteiger partial charge in [0.15, 0.2) is 0 Å². The Morgan fingerprint density at radius 3 is 2.66 bits per heavy atom. The van der Waals surface area contributed by atoms with E-state index in [1.54, 1.807) is 42.4 Å². The predicted molar refractivity (Wildman–Crippen MR) is 136 cm³/mol. The lowest BCUT2D eigenvalue weighted by molar-refractivity contribution is -0.142. The highest BCUT2D eigenvalue weighted by Crippen LogP contribution is 2.30. The highest BCUT2D eigenvalue weighted by atomic mass is 19.4. The molecule has 0 fully saturated rings. The molecule has 2 heterocycles. The van der Waals surface area contributed by atoms with Gasteiger partial charge in [-0.1, -0.05) is 6.92 Å². The molecule has 38 heavy (non-hydrogen) atoms. The van der Waals surface area contributed by atoms with Gasteiger partial charge in [0.1, 0.15) is 11.9 Å². The second-order valence-electron chi connectivity index (χ2n) is 9.93. The quantitative estimate of drug-likeness (QED) is 0.508. The smallest absolute Gasteiger partial charge is 0.389 e. The summed E-state index contributed by atoms with van der Waals surface area (Å²) < 4.78 is 43.9. The highest BCUT2D eigenvalue weighted by Gasteiger charge is 2.31. The van der Waals surface area contributed by atoms with Crippen LogP contribution in [0.3, 0.4) is 0 Å². The third-order valence-electron chi connectivity index (χ3n) is 6.53. The molecule has 0 spiro atoms. The Kier molecular flexibility index (Phi) is 10.1. The van der Waals surface area contributed by atoms with E-state index in [1.165, 1.54) is 0 Å². The number of halogens is 3. The number of carbonyl (C=O) groups excluding carboxylic acids is 2. The summed E-state index contributed by atoms with van der Waals surface area (Å²) in [5, 5.41) is 12.3. The number of rotatable bonds is 9. The maximum Gasteiger partial charge on any atom is 0.389 e. The van der Waals surface area contributed by atoms with E-state index in [0.29, 0.717) is 30.9 Å². The summed E-state index contributed by atoms with van der Waals surface area (Å²) in [5.41, 5.74) is 1.89. The number of carbonyl (C=O) groups is 2. The van der Waals surface area contributed by atoms with Crippen molar-refractivity contribution >= 4 is 17.5 Å². The number of aliphatic hydroxyl groups excluding tert-OH is 1. The highest BCUT2D eigenvalue weighted by molar-refractivity contribution is 5.91. The first-order valence-corrected chi connectivity index (χ1v) is 12.6. The van der Waals surface area contributed by atoms with Gasteiger partial charge in [0.05, 0.1) is 25.5 Å². The van der Waals surface area contributed by atoms with Gasteiger partial charge in [0.25, 0.3) is 0 Å². The van der Waals surface area contributed by atoms with E-state index >= 15 is 0 Å². The topological polar surface area (TPSA) is 95.0 Å². The lowest BCUT2D eigenvalue weighted by atomic mass is 10.0. The normalized spacial score (nSPS) is 19.2. The van der Waals surface area contributed by atoms with Crippen LogP contribution >= 0.6 is 0 Å². The van der Waals surface area contributed by atoms with Gasteiger partial charge in [0, 0.05) is 55.6 Å². The summed E-state index contributed by atoms with van der Waals surface area (Å²) in [7, 11) is 1.98. The first kappa shape index (κ1) is 29.4. The molecule has 0 radical (unpaired) electrons. The van der Waals surface area contributed by atoms with Crippen molar-refractivity contribution in [2.75, 3.05) is 32.1 Å². The van der Waals surface area contributed by atoms with Crippen molar-refractivity contribution in [3.8, 4) is 5.75 Å². The summed E-state index contributed by atoms with van der Waals surface area (Å²) in [6, 6.07) is 8.22. The number of fused-ring (bicyclic) bond motifs is 1. The molecule has 1 aromatic heterocycles. The zero-order valence-corrected chi connectivity index (χ0v) is 21.9. The van der Waals surface area contributed by atoms with E-state index in [2.05, 4.69) is 15.2 Å². The number of benzene rings is 1. The molecule has 3 rings (SSSR count). The molecule has 0 bridgehead atoms. The first-order valence-electron chi connectivity index (χ1n) is 12.6. The molecule has 208 valence electrons. The molecule has 0 saturated heterocycles.